The second-order valence-electron chi connectivity index (χ2n) is 11.1. The molecule has 2 aliphatic heterocycles. The Morgan fingerprint density at radius 3 is 2.39 bits per heavy atom. The summed E-state index contributed by atoms with van der Waals surface area (Å²) in [5, 5.41) is 12.9. The van der Waals surface area contributed by atoms with Crippen molar-refractivity contribution in [2.45, 2.75) is 24.6 Å². The van der Waals surface area contributed by atoms with Gasteiger partial charge in [0.25, 0.3) is 17.8 Å². The quantitative estimate of drug-likeness (QED) is 0.276. The highest BCUT2D eigenvalue weighted by Gasteiger charge is 2.42. The van der Waals surface area contributed by atoms with Crippen LogP contribution in [0.15, 0.2) is 77.3 Å². The summed E-state index contributed by atoms with van der Waals surface area (Å²) in [6.07, 6.45) is -4.33. The molecule has 0 radical (unpaired) electrons. The molecule has 0 saturated carbocycles. The van der Waals surface area contributed by atoms with E-state index in [2.05, 4.69) is 15.3 Å². The van der Waals surface area contributed by atoms with Crippen LogP contribution in [-0.2, 0) is 11.0 Å². The molecule has 0 spiro atoms. The third-order valence-corrected chi connectivity index (χ3v) is 8.14. The summed E-state index contributed by atoms with van der Waals surface area (Å²) in [5.41, 5.74) is -0.0597. The summed E-state index contributed by atoms with van der Waals surface area (Å²) >= 11 is 0. The van der Waals surface area contributed by atoms with Gasteiger partial charge in [0.1, 0.15) is 11.6 Å². The molecular weight excluding hydrogens is 608 g/mol. The first-order chi connectivity index (χ1) is 22.1. The summed E-state index contributed by atoms with van der Waals surface area (Å²) in [4.78, 5) is 38.7. The number of nitrogens with one attached hydrogen (secondary N) is 1. The number of anilines is 3. The first-order valence-corrected chi connectivity index (χ1v) is 14.7. The van der Waals surface area contributed by atoms with Gasteiger partial charge in [0.15, 0.2) is 11.8 Å². The number of rotatable bonds is 7. The van der Waals surface area contributed by atoms with Crippen LogP contribution in [0.4, 0.5) is 35.1 Å². The number of hydrogen-bond donors (Lipinski definition) is 2. The standard InChI is InChI=1S/C32H30F4N6O4/c33-23-8-4-7-21(17-23)22-11-12-42(19-22)31-39-28(32(34,35)36)27(46-31)29(44)38-24-9-10-25(37-18-24)40-13-15-41(16-14-40)30(45)26(43)20-5-2-1-3-6-20/h1-10,17-18,22,26,43H,11-16,19H2,(H,38,44)/t22?,26-/m1/s1. The lowest BCUT2D eigenvalue weighted by Crippen LogP contribution is -2.50. The minimum atomic E-state index is -4.95. The van der Waals surface area contributed by atoms with Crippen molar-refractivity contribution in [1.29, 1.82) is 0 Å². The normalized spacial score (nSPS) is 17.7. The van der Waals surface area contributed by atoms with Gasteiger partial charge < -0.3 is 29.5 Å². The predicted octanol–water partition coefficient (Wildman–Crippen LogP) is 4.86. The van der Waals surface area contributed by atoms with Crippen molar-refractivity contribution < 1.29 is 36.7 Å². The Hall–Kier alpha value is -4.98. The fourth-order valence-corrected chi connectivity index (χ4v) is 5.70. The second kappa shape index (κ2) is 12.8. The molecule has 0 bridgehead atoms. The lowest BCUT2D eigenvalue weighted by Gasteiger charge is -2.36. The molecule has 2 aromatic carbocycles. The van der Waals surface area contributed by atoms with E-state index in [0.29, 0.717) is 50.5 Å². The number of hydrogen-bond acceptors (Lipinski definition) is 8. The fraction of sp³-hybridized carbons (Fsp3) is 0.312. The highest BCUT2D eigenvalue weighted by atomic mass is 19.4. The zero-order valence-corrected chi connectivity index (χ0v) is 24.5. The second-order valence-corrected chi connectivity index (χ2v) is 11.1. The summed E-state index contributed by atoms with van der Waals surface area (Å²) in [6.45, 7) is 2.18. The van der Waals surface area contributed by atoms with Crippen LogP contribution in [-0.4, -0.2) is 71.1 Å². The number of aliphatic hydroxyl groups is 1. The molecule has 240 valence electrons. The van der Waals surface area contributed by atoms with E-state index in [1.54, 1.807) is 53.4 Å². The Morgan fingerprint density at radius 1 is 0.957 bits per heavy atom. The van der Waals surface area contributed by atoms with E-state index in [-0.39, 0.29) is 30.1 Å². The van der Waals surface area contributed by atoms with Crippen LogP contribution in [0.3, 0.4) is 0 Å². The molecule has 2 amide bonds. The minimum Gasteiger partial charge on any atom is -0.417 e. The van der Waals surface area contributed by atoms with Crippen LogP contribution in [0.5, 0.6) is 0 Å². The number of aliphatic hydroxyl groups excluding tert-OH is 1. The van der Waals surface area contributed by atoms with Gasteiger partial charge in [-0.25, -0.2) is 9.37 Å². The topological polar surface area (TPSA) is 115 Å². The van der Waals surface area contributed by atoms with Crippen molar-refractivity contribution in [3.8, 4) is 0 Å². The summed E-state index contributed by atoms with van der Waals surface area (Å²) in [5.74, 6) is -2.48. The van der Waals surface area contributed by atoms with Crippen LogP contribution < -0.4 is 15.1 Å². The van der Waals surface area contributed by atoms with Crippen molar-refractivity contribution in [1.82, 2.24) is 14.9 Å². The maximum absolute atomic E-state index is 13.9. The van der Waals surface area contributed by atoms with Crippen LogP contribution in [0.2, 0.25) is 0 Å². The zero-order chi connectivity index (χ0) is 32.4. The smallest absolute Gasteiger partial charge is 0.417 e. The fourth-order valence-electron chi connectivity index (χ4n) is 5.70. The van der Waals surface area contributed by atoms with Gasteiger partial charge in [-0.3, -0.25) is 9.59 Å². The number of nitrogens with zero attached hydrogens (tertiary/aromatic N) is 5. The molecule has 2 aromatic heterocycles. The monoisotopic (exact) mass is 638 g/mol. The third-order valence-electron chi connectivity index (χ3n) is 8.14. The lowest BCUT2D eigenvalue weighted by atomic mass is 9.98. The zero-order valence-electron chi connectivity index (χ0n) is 24.5. The SMILES string of the molecule is O=C(Nc1ccc(N2CCN(C(=O)[C@H](O)c3ccccc3)CC2)nc1)c1oc(N2CCC(c3cccc(F)c3)C2)nc1C(F)(F)F. The Bertz CT molecular complexity index is 1690. The molecule has 14 heteroatoms. The molecule has 2 N–H and O–H groups in total. The summed E-state index contributed by atoms with van der Waals surface area (Å²) in [7, 11) is 0. The Morgan fingerprint density at radius 2 is 1.72 bits per heavy atom. The average Bonchev–Trinajstić information content (AvgIpc) is 3.74. The summed E-state index contributed by atoms with van der Waals surface area (Å²) < 4.78 is 60.7. The molecule has 10 nitrogen and oxygen atoms in total. The maximum Gasteiger partial charge on any atom is 0.437 e. The number of carbonyl (C=O) groups excluding carboxylic acids is 2. The molecule has 0 aliphatic carbocycles. The Kier molecular flexibility index (Phi) is 8.63. The van der Waals surface area contributed by atoms with E-state index < -0.39 is 35.5 Å². The molecule has 46 heavy (non-hydrogen) atoms. The molecule has 6 rings (SSSR count). The van der Waals surface area contributed by atoms with E-state index in [1.807, 2.05) is 4.90 Å². The first kappa shape index (κ1) is 31.0. The highest BCUT2D eigenvalue weighted by Crippen LogP contribution is 2.37. The molecule has 2 aliphatic rings. The maximum atomic E-state index is 13.9. The van der Waals surface area contributed by atoms with Crippen molar-refractivity contribution in [2.24, 2.45) is 0 Å². The number of oxazole rings is 1. The molecule has 2 atom stereocenters. The lowest BCUT2D eigenvalue weighted by molar-refractivity contribution is -0.142. The van der Waals surface area contributed by atoms with E-state index >= 15 is 0 Å². The Balaban J connectivity index is 1.08. The molecule has 4 aromatic rings. The third kappa shape index (κ3) is 6.66. The molecule has 2 fully saturated rings. The molecule has 2 saturated heterocycles. The van der Waals surface area contributed by atoms with Gasteiger partial charge in [-0.15, -0.1) is 0 Å². The number of carbonyl (C=O) groups is 2. The average molecular weight is 639 g/mol. The van der Waals surface area contributed by atoms with Gasteiger partial charge in [-0.2, -0.15) is 18.2 Å². The van der Waals surface area contributed by atoms with Gasteiger partial charge >= 0.3 is 6.18 Å². The van der Waals surface area contributed by atoms with Gasteiger partial charge in [0.05, 0.1) is 11.9 Å². The van der Waals surface area contributed by atoms with E-state index in [4.69, 9.17) is 4.42 Å². The number of piperazine rings is 1. The van der Waals surface area contributed by atoms with Crippen LogP contribution >= 0.6 is 0 Å². The number of alkyl halides is 3. The highest BCUT2D eigenvalue weighted by molar-refractivity contribution is 6.03. The van der Waals surface area contributed by atoms with Crippen LogP contribution in [0, 0.1) is 5.82 Å². The number of aromatic nitrogens is 2. The summed E-state index contributed by atoms with van der Waals surface area (Å²) in [6, 6.07) is 17.5. The predicted molar refractivity (Wildman–Crippen MR) is 160 cm³/mol. The van der Waals surface area contributed by atoms with Crippen molar-refractivity contribution in [2.75, 3.05) is 54.4 Å². The van der Waals surface area contributed by atoms with Crippen molar-refractivity contribution in [3.05, 3.63) is 101 Å². The van der Waals surface area contributed by atoms with Crippen molar-refractivity contribution >= 4 is 29.3 Å². The van der Waals surface area contributed by atoms with Crippen LogP contribution in [0.1, 0.15) is 45.8 Å². The number of amides is 2. The number of pyridine rings is 1. The van der Waals surface area contributed by atoms with E-state index in [0.717, 1.165) is 5.56 Å². The molecular formula is C32H30F4N6O4. The van der Waals surface area contributed by atoms with Gasteiger partial charge in [-0.1, -0.05) is 42.5 Å². The molecule has 4 heterocycles. The first-order valence-electron chi connectivity index (χ1n) is 14.7. The van der Waals surface area contributed by atoms with Gasteiger partial charge in [0.2, 0.25) is 5.76 Å². The van der Waals surface area contributed by atoms with Gasteiger partial charge in [0, 0.05) is 45.2 Å². The molecule has 1 unspecified atom stereocenters. The largest absolute Gasteiger partial charge is 0.437 e. The van der Waals surface area contributed by atoms with E-state index in [9.17, 15) is 32.3 Å². The van der Waals surface area contributed by atoms with E-state index in [1.165, 1.54) is 29.3 Å². The van der Waals surface area contributed by atoms with Crippen LogP contribution in [0.25, 0.3) is 0 Å². The number of halogens is 4. The Labute approximate surface area is 261 Å². The number of benzene rings is 2. The van der Waals surface area contributed by atoms with Gasteiger partial charge in [-0.05, 0) is 41.8 Å². The minimum absolute atomic E-state index is 0.136. The van der Waals surface area contributed by atoms with Crippen molar-refractivity contribution in [3.63, 3.8) is 0 Å².